The molecule has 0 radical (unpaired) electrons. The van der Waals surface area contributed by atoms with Crippen LogP contribution >= 0.6 is 11.3 Å². The Bertz CT molecular complexity index is 474. The Morgan fingerprint density at radius 2 is 2.18 bits per heavy atom. The first kappa shape index (κ1) is 11.9. The van der Waals surface area contributed by atoms with Crippen LogP contribution in [0.1, 0.15) is 27.4 Å². The van der Waals surface area contributed by atoms with Gasteiger partial charge in [0, 0.05) is 24.0 Å². The zero-order valence-corrected chi connectivity index (χ0v) is 10.2. The molecule has 17 heavy (non-hydrogen) atoms. The monoisotopic (exact) mass is 251 g/mol. The number of aliphatic carboxylic acids is 1. The minimum absolute atomic E-state index is 0.0208. The lowest BCUT2D eigenvalue weighted by molar-refractivity contribution is -0.131. The van der Waals surface area contributed by atoms with Crippen molar-refractivity contribution in [1.29, 1.82) is 0 Å². The summed E-state index contributed by atoms with van der Waals surface area (Å²) in [6, 6.07) is 3.90. The molecule has 0 bridgehead atoms. The van der Waals surface area contributed by atoms with Gasteiger partial charge in [-0.3, -0.25) is 4.79 Å². The van der Waals surface area contributed by atoms with Gasteiger partial charge < -0.3 is 10.0 Å². The zero-order valence-electron chi connectivity index (χ0n) is 9.42. The number of hydrogen-bond acceptors (Lipinski definition) is 3. The van der Waals surface area contributed by atoms with E-state index in [1.165, 1.54) is 17.4 Å². The number of carbonyl (C=O) groups excluding carboxylic acids is 1. The molecule has 1 heterocycles. The van der Waals surface area contributed by atoms with Crippen LogP contribution in [0.2, 0.25) is 0 Å². The molecule has 1 amide bonds. The van der Waals surface area contributed by atoms with Gasteiger partial charge in [-0.1, -0.05) is 0 Å². The molecular formula is C12H13NO3S. The van der Waals surface area contributed by atoms with Crippen molar-refractivity contribution in [2.75, 3.05) is 7.05 Å². The van der Waals surface area contributed by atoms with Crippen LogP contribution in [0.25, 0.3) is 6.08 Å². The topological polar surface area (TPSA) is 57.6 Å². The van der Waals surface area contributed by atoms with Gasteiger partial charge in [0.2, 0.25) is 0 Å². The van der Waals surface area contributed by atoms with Crippen molar-refractivity contribution in [2.24, 2.45) is 0 Å². The van der Waals surface area contributed by atoms with Gasteiger partial charge >= 0.3 is 5.97 Å². The molecule has 1 fully saturated rings. The van der Waals surface area contributed by atoms with E-state index in [2.05, 4.69) is 0 Å². The third-order valence-corrected chi connectivity index (χ3v) is 3.68. The molecule has 1 aliphatic rings. The lowest BCUT2D eigenvalue weighted by atomic mass is 10.3. The highest BCUT2D eigenvalue weighted by Gasteiger charge is 2.30. The maximum atomic E-state index is 12.0. The van der Waals surface area contributed by atoms with Gasteiger partial charge in [-0.2, -0.15) is 0 Å². The fourth-order valence-corrected chi connectivity index (χ4v) is 2.41. The van der Waals surface area contributed by atoms with Crippen molar-refractivity contribution in [2.45, 2.75) is 18.9 Å². The Morgan fingerprint density at radius 3 is 2.76 bits per heavy atom. The Morgan fingerprint density at radius 1 is 1.47 bits per heavy atom. The quantitative estimate of drug-likeness (QED) is 0.833. The summed E-state index contributed by atoms with van der Waals surface area (Å²) in [4.78, 5) is 25.5. The Kier molecular flexibility index (Phi) is 3.28. The van der Waals surface area contributed by atoms with Crippen molar-refractivity contribution in [3.05, 3.63) is 28.0 Å². The molecule has 1 saturated carbocycles. The fourth-order valence-electron chi connectivity index (χ4n) is 1.51. The molecular weight excluding hydrogens is 238 g/mol. The van der Waals surface area contributed by atoms with E-state index in [1.807, 2.05) is 7.05 Å². The van der Waals surface area contributed by atoms with Crippen molar-refractivity contribution in [3.63, 3.8) is 0 Å². The van der Waals surface area contributed by atoms with E-state index in [0.29, 0.717) is 10.9 Å². The van der Waals surface area contributed by atoms with Gasteiger partial charge in [0.15, 0.2) is 0 Å². The van der Waals surface area contributed by atoms with Crippen LogP contribution < -0.4 is 0 Å². The number of hydrogen-bond donors (Lipinski definition) is 1. The van der Waals surface area contributed by atoms with Crippen molar-refractivity contribution in [3.8, 4) is 0 Å². The Hall–Kier alpha value is -1.62. The van der Waals surface area contributed by atoms with Crippen LogP contribution in [-0.2, 0) is 4.79 Å². The fraction of sp³-hybridized carbons (Fsp3) is 0.333. The predicted octanol–water partition coefficient (Wildman–Crippen LogP) is 2.08. The number of nitrogens with zero attached hydrogens (tertiary/aromatic N) is 1. The summed E-state index contributed by atoms with van der Waals surface area (Å²) >= 11 is 1.32. The molecule has 90 valence electrons. The zero-order chi connectivity index (χ0) is 12.4. The minimum atomic E-state index is -0.985. The maximum Gasteiger partial charge on any atom is 0.328 e. The molecule has 1 aromatic heterocycles. The first-order chi connectivity index (χ1) is 8.08. The standard InChI is InChI=1S/C12H13NO3S/c1-13(8-2-3-8)12(16)10-6-4-9(17-10)5-7-11(14)15/h4-8H,2-3H2,1H3,(H,14,15). The van der Waals surface area contributed by atoms with Gasteiger partial charge in [0.05, 0.1) is 4.88 Å². The van der Waals surface area contributed by atoms with E-state index >= 15 is 0 Å². The average Bonchev–Trinajstić information content (AvgIpc) is 3.03. The van der Waals surface area contributed by atoms with Gasteiger partial charge in [0.25, 0.3) is 5.91 Å². The normalized spacial score (nSPS) is 15.1. The molecule has 0 saturated heterocycles. The number of carboxylic acids is 1. The summed E-state index contributed by atoms with van der Waals surface area (Å²) in [6.07, 6.45) is 4.74. The van der Waals surface area contributed by atoms with E-state index in [4.69, 9.17) is 5.11 Å². The number of carboxylic acid groups (broad SMARTS) is 1. The second-order valence-electron chi connectivity index (χ2n) is 4.02. The summed E-state index contributed by atoms with van der Waals surface area (Å²) in [5, 5.41) is 8.50. The van der Waals surface area contributed by atoms with Gasteiger partial charge in [0.1, 0.15) is 0 Å². The number of amides is 1. The molecule has 0 spiro atoms. The van der Waals surface area contributed by atoms with Crippen LogP contribution in [0.3, 0.4) is 0 Å². The first-order valence-corrected chi connectivity index (χ1v) is 6.17. The Labute approximate surface area is 103 Å². The van der Waals surface area contributed by atoms with Crippen LogP contribution in [-0.4, -0.2) is 35.0 Å². The number of thiophene rings is 1. The minimum Gasteiger partial charge on any atom is -0.478 e. The maximum absolute atomic E-state index is 12.0. The summed E-state index contributed by atoms with van der Waals surface area (Å²) < 4.78 is 0. The highest BCUT2D eigenvalue weighted by Crippen LogP contribution is 2.28. The molecule has 1 N–H and O–H groups in total. The summed E-state index contributed by atoms with van der Waals surface area (Å²) in [6.45, 7) is 0. The molecule has 1 aromatic rings. The van der Waals surface area contributed by atoms with E-state index in [0.717, 1.165) is 23.8 Å². The van der Waals surface area contributed by atoms with Crippen molar-refractivity contribution >= 4 is 29.3 Å². The second kappa shape index (κ2) is 4.71. The molecule has 0 aromatic carbocycles. The molecule has 1 aliphatic carbocycles. The molecule has 2 rings (SSSR count). The van der Waals surface area contributed by atoms with E-state index in [9.17, 15) is 9.59 Å². The van der Waals surface area contributed by atoms with Crippen molar-refractivity contribution in [1.82, 2.24) is 4.90 Å². The average molecular weight is 251 g/mol. The molecule has 0 atom stereocenters. The van der Waals surface area contributed by atoms with Crippen molar-refractivity contribution < 1.29 is 14.7 Å². The van der Waals surface area contributed by atoms with Crippen LogP contribution in [0.15, 0.2) is 18.2 Å². The predicted molar refractivity (Wildman–Crippen MR) is 66.1 cm³/mol. The van der Waals surface area contributed by atoms with Crippen LogP contribution in [0, 0.1) is 0 Å². The van der Waals surface area contributed by atoms with Gasteiger partial charge in [-0.05, 0) is 31.1 Å². The molecule has 0 unspecified atom stereocenters. The SMILES string of the molecule is CN(C(=O)c1ccc(C=CC(=O)O)s1)C1CC1. The lowest BCUT2D eigenvalue weighted by Crippen LogP contribution is -2.27. The van der Waals surface area contributed by atoms with Crippen LogP contribution in [0.5, 0.6) is 0 Å². The third kappa shape index (κ3) is 2.94. The largest absolute Gasteiger partial charge is 0.478 e. The third-order valence-electron chi connectivity index (χ3n) is 2.64. The lowest BCUT2D eigenvalue weighted by Gasteiger charge is -2.14. The van der Waals surface area contributed by atoms with E-state index in [1.54, 1.807) is 17.0 Å². The van der Waals surface area contributed by atoms with E-state index in [-0.39, 0.29) is 5.91 Å². The number of rotatable bonds is 4. The highest BCUT2D eigenvalue weighted by molar-refractivity contribution is 7.14. The first-order valence-electron chi connectivity index (χ1n) is 5.36. The molecule has 5 heteroatoms. The van der Waals surface area contributed by atoms with Gasteiger partial charge in [-0.25, -0.2) is 4.79 Å². The molecule has 4 nitrogen and oxygen atoms in total. The highest BCUT2D eigenvalue weighted by atomic mass is 32.1. The van der Waals surface area contributed by atoms with E-state index < -0.39 is 5.97 Å². The van der Waals surface area contributed by atoms with Crippen LogP contribution in [0.4, 0.5) is 0 Å². The molecule has 0 aliphatic heterocycles. The summed E-state index contributed by atoms with van der Waals surface area (Å²) in [7, 11) is 1.81. The Balaban J connectivity index is 2.06. The van der Waals surface area contributed by atoms with Gasteiger partial charge in [-0.15, -0.1) is 11.3 Å². The second-order valence-corrected chi connectivity index (χ2v) is 5.14. The summed E-state index contributed by atoms with van der Waals surface area (Å²) in [5.74, 6) is -0.964. The smallest absolute Gasteiger partial charge is 0.328 e. The number of carbonyl (C=O) groups is 2. The summed E-state index contributed by atoms with van der Waals surface area (Å²) in [5.41, 5.74) is 0.